The lowest BCUT2D eigenvalue weighted by Crippen LogP contribution is -2.31. The third-order valence-corrected chi connectivity index (χ3v) is 3.96. The van der Waals surface area contributed by atoms with Crippen molar-refractivity contribution in [2.75, 3.05) is 18.6 Å². The van der Waals surface area contributed by atoms with E-state index in [0.29, 0.717) is 18.9 Å². The quantitative estimate of drug-likeness (QED) is 0.642. The lowest BCUT2D eigenvalue weighted by molar-refractivity contribution is -0.384. The van der Waals surface area contributed by atoms with E-state index in [-0.39, 0.29) is 10.7 Å². The monoisotopic (exact) mass is 319 g/mol. The molecule has 2 heterocycles. The third-order valence-electron chi connectivity index (χ3n) is 3.75. The molecule has 1 aliphatic rings. The molecule has 1 aliphatic heterocycles. The Balaban J connectivity index is 1.97. The van der Waals surface area contributed by atoms with E-state index < -0.39 is 4.92 Å². The van der Waals surface area contributed by atoms with Crippen molar-refractivity contribution >= 4 is 23.1 Å². The fourth-order valence-electron chi connectivity index (χ4n) is 2.75. The summed E-state index contributed by atoms with van der Waals surface area (Å²) in [6, 6.07) is 7.19. The molecule has 0 spiro atoms. The number of benzene rings is 1. The molecule has 0 aliphatic carbocycles. The second-order valence-corrected chi connectivity index (χ2v) is 5.46. The maximum absolute atomic E-state index is 11.2. The highest BCUT2D eigenvalue weighted by molar-refractivity contribution is 6.30. The fraction of sp³-hybridized carbons (Fsp3) is 0.267. The Hall–Kier alpha value is -2.34. The van der Waals surface area contributed by atoms with Gasteiger partial charge in [-0.25, -0.2) is 4.98 Å². The summed E-state index contributed by atoms with van der Waals surface area (Å²) in [5.74, 6) is 1.21. The predicted molar refractivity (Wildman–Crippen MR) is 83.6 cm³/mol. The van der Waals surface area contributed by atoms with Gasteiger partial charge in [-0.05, 0) is 18.1 Å². The third kappa shape index (κ3) is 2.57. The SMILES string of the molecule is COc1cccc2c1CCN(c1ncc(Cl)cc1[N+](=O)[O-])C2. The van der Waals surface area contributed by atoms with E-state index in [0.717, 1.165) is 23.3 Å². The van der Waals surface area contributed by atoms with Crippen molar-refractivity contribution in [1.82, 2.24) is 4.98 Å². The van der Waals surface area contributed by atoms with Gasteiger partial charge in [0.2, 0.25) is 5.82 Å². The van der Waals surface area contributed by atoms with Gasteiger partial charge in [-0.1, -0.05) is 23.7 Å². The Morgan fingerprint density at radius 3 is 3.00 bits per heavy atom. The Morgan fingerprint density at radius 2 is 2.27 bits per heavy atom. The zero-order valence-electron chi connectivity index (χ0n) is 12.0. The highest BCUT2D eigenvalue weighted by atomic mass is 35.5. The van der Waals surface area contributed by atoms with E-state index in [1.807, 2.05) is 23.1 Å². The van der Waals surface area contributed by atoms with E-state index in [1.165, 1.54) is 12.3 Å². The van der Waals surface area contributed by atoms with Gasteiger partial charge in [0, 0.05) is 30.9 Å². The van der Waals surface area contributed by atoms with Gasteiger partial charge >= 0.3 is 5.69 Å². The number of hydrogen-bond donors (Lipinski definition) is 0. The van der Waals surface area contributed by atoms with Crippen LogP contribution in [0, 0.1) is 10.1 Å². The van der Waals surface area contributed by atoms with Crippen LogP contribution in [0.1, 0.15) is 11.1 Å². The van der Waals surface area contributed by atoms with Crippen LogP contribution in [-0.2, 0) is 13.0 Å². The number of nitro groups is 1. The van der Waals surface area contributed by atoms with E-state index >= 15 is 0 Å². The van der Waals surface area contributed by atoms with Gasteiger partial charge in [0.1, 0.15) is 5.75 Å². The van der Waals surface area contributed by atoms with E-state index in [4.69, 9.17) is 16.3 Å². The minimum atomic E-state index is -0.449. The molecule has 0 unspecified atom stereocenters. The van der Waals surface area contributed by atoms with E-state index in [9.17, 15) is 10.1 Å². The molecule has 0 fully saturated rings. The van der Waals surface area contributed by atoms with Crippen molar-refractivity contribution in [3.05, 3.63) is 56.7 Å². The number of nitrogens with zero attached hydrogens (tertiary/aromatic N) is 3. The number of rotatable bonds is 3. The van der Waals surface area contributed by atoms with Crippen molar-refractivity contribution in [2.24, 2.45) is 0 Å². The first kappa shape index (κ1) is 14.6. The van der Waals surface area contributed by atoms with Gasteiger partial charge < -0.3 is 9.64 Å². The van der Waals surface area contributed by atoms with E-state index in [2.05, 4.69) is 4.98 Å². The zero-order chi connectivity index (χ0) is 15.7. The average Bonchev–Trinajstić information content (AvgIpc) is 2.53. The minimum Gasteiger partial charge on any atom is -0.496 e. The van der Waals surface area contributed by atoms with Gasteiger partial charge in [0.15, 0.2) is 0 Å². The van der Waals surface area contributed by atoms with Crippen LogP contribution in [0.4, 0.5) is 11.5 Å². The van der Waals surface area contributed by atoms with Crippen molar-refractivity contribution in [3.63, 3.8) is 0 Å². The second-order valence-electron chi connectivity index (χ2n) is 5.02. The summed E-state index contributed by atoms with van der Waals surface area (Å²) in [6.07, 6.45) is 2.19. The molecule has 0 saturated carbocycles. The molecular formula is C15H14ClN3O3. The number of hydrogen-bond acceptors (Lipinski definition) is 5. The topological polar surface area (TPSA) is 68.5 Å². The van der Waals surface area contributed by atoms with Crippen molar-refractivity contribution in [3.8, 4) is 5.75 Å². The normalized spacial score (nSPS) is 13.6. The number of fused-ring (bicyclic) bond motifs is 1. The molecule has 114 valence electrons. The number of aromatic nitrogens is 1. The van der Waals surface area contributed by atoms with Crippen molar-refractivity contribution < 1.29 is 9.66 Å². The molecule has 0 atom stereocenters. The van der Waals surface area contributed by atoms with Crippen LogP contribution in [0.15, 0.2) is 30.5 Å². The molecule has 6 nitrogen and oxygen atoms in total. The Labute approximate surface area is 132 Å². The Morgan fingerprint density at radius 1 is 1.45 bits per heavy atom. The first-order chi connectivity index (χ1) is 10.6. The second kappa shape index (κ2) is 5.81. The molecular weight excluding hydrogens is 306 g/mol. The van der Waals surface area contributed by atoms with Crippen molar-refractivity contribution in [2.45, 2.75) is 13.0 Å². The summed E-state index contributed by atoms with van der Waals surface area (Å²) < 4.78 is 5.37. The Kier molecular flexibility index (Phi) is 3.85. The largest absolute Gasteiger partial charge is 0.496 e. The van der Waals surface area contributed by atoms with Gasteiger partial charge in [-0.2, -0.15) is 0 Å². The zero-order valence-corrected chi connectivity index (χ0v) is 12.7. The fourth-order valence-corrected chi connectivity index (χ4v) is 2.90. The van der Waals surface area contributed by atoms with E-state index in [1.54, 1.807) is 7.11 Å². The number of pyridine rings is 1. The van der Waals surface area contributed by atoms with Gasteiger partial charge in [0.05, 0.1) is 17.1 Å². The lowest BCUT2D eigenvalue weighted by Gasteiger charge is -2.30. The van der Waals surface area contributed by atoms with Crippen molar-refractivity contribution in [1.29, 1.82) is 0 Å². The molecule has 7 heteroatoms. The maximum Gasteiger partial charge on any atom is 0.313 e. The smallest absolute Gasteiger partial charge is 0.313 e. The van der Waals surface area contributed by atoms with Crippen LogP contribution in [-0.4, -0.2) is 23.6 Å². The van der Waals surface area contributed by atoms with Gasteiger partial charge in [0.25, 0.3) is 0 Å². The lowest BCUT2D eigenvalue weighted by atomic mass is 9.98. The summed E-state index contributed by atoms with van der Waals surface area (Å²) in [5.41, 5.74) is 2.17. The molecule has 0 bridgehead atoms. The number of anilines is 1. The molecule has 1 aromatic carbocycles. The summed E-state index contributed by atoms with van der Waals surface area (Å²) in [4.78, 5) is 16.8. The molecule has 0 N–H and O–H groups in total. The molecule has 0 amide bonds. The standard InChI is InChI=1S/C15H14ClN3O3/c1-22-14-4-2-3-10-9-18(6-5-12(10)14)15-13(19(20)21)7-11(16)8-17-15/h2-4,7-8H,5-6,9H2,1H3. The first-order valence-corrected chi connectivity index (χ1v) is 7.17. The molecule has 22 heavy (non-hydrogen) atoms. The first-order valence-electron chi connectivity index (χ1n) is 6.80. The predicted octanol–water partition coefficient (Wildman–Crippen LogP) is 3.21. The summed E-state index contributed by atoms with van der Waals surface area (Å²) in [6.45, 7) is 1.20. The highest BCUT2D eigenvalue weighted by Gasteiger charge is 2.26. The molecule has 0 saturated heterocycles. The van der Waals surface area contributed by atoms with Crippen LogP contribution in [0.3, 0.4) is 0 Å². The van der Waals surface area contributed by atoms with Crippen LogP contribution < -0.4 is 9.64 Å². The molecule has 3 rings (SSSR count). The molecule has 2 aromatic rings. The maximum atomic E-state index is 11.2. The Bertz CT molecular complexity index is 736. The van der Waals surface area contributed by atoms with Crippen LogP contribution in [0.2, 0.25) is 5.02 Å². The van der Waals surface area contributed by atoms with Gasteiger partial charge in [-0.15, -0.1) is 0 Å². The number of ether oxygens (including phenoxy) is 1. The van der Waals surface area contributed by atoms with Crippen LogP contribution >= 0.6 is 11.6 Å². The number of halogens is 1. The average molecular weight is 320 g/mol. The minimum absolute atomic E-state index is 0.0705. The summed E-state index contributed by atoms with van der Waals surface area (Å²) >= 11 is 5.82. The van der Waals surface area contributed by atoms with Crippen LogP contribution in [0.25, 0.3) is 0 Å². The number of methoxy groups -OCH3 is 1. The molecule has 1 aromatic heterocycles. The van der Waals surface area contributed by atoms with Gasteiger partial charge in [-0.3, -0.25) is 10.1 Å². The summed E-state index contributed by atoms with van der Waals surface area (Å²) in [5, 5.41) is 11.5. The van der Waals surface area contributed by atoms with Crippen LogP contribution in [0.5, 0.6) is 5.75 Å². The molecule has 0 radical (unpaired) electrons. The summed E-state index contributed by atoms with van der Waals surface area (Å²) in [7, 11) is 1.65. The highest BCUT2D eigenvalue weighted by Crippen LogP contribution is 2.34.